The number of hydrogen-bond acceptors (Lipinski definition) is 2. The summed E-state index contributed by atoms with van der Waals surface area (Å²) < 4.78 is 4.93. The van der Waals surface area contributed by atoms with Crippen molar-refractivity contribution in [2.75, 3.05) is 6.61 Å². The summed E-state index contributed by atoms with van der Waals surface area (Å²) in [5.74, 6) is -0.248. The molecule has 0 bridgehead atoms. The molecule has 0 aliphatic heterocycles. The van der Waals surface area contributed by atoms with Gasteiger partial charge in [-0.1, -0.05) is 23.8 Å². The zero-order valence-electron chi connectivity index (χ0n) is 10.3. The quantitative estimate of drug-likeness (QED) is 0.575. The second kappa shape index (κ2) is 5.50. The molecule has 0 fully saturated rings. The van der Waals surface area contributed by atoms with Gasteiger partial charge in [0.2, 0.25) is 0 Å². The summed E-state index contributed by atoms with van der Waals surface area (Å²) in [5, 5.41) is 0. The topological polar surface area (TPSA) is 26.3 Å². The SMILES string of the molecule is CCOC(=O)/C(C)=C/c1ccc(C)cc1C. The Morgan fingerprint density at radius 3 is 2.62 bits per heavy atom. The zero-order valence-corrected chi connectivity index (χ0v) is 10.3. The van der Waals surface area contributed by atoms with E-state index in [1.54, 1.807) is 6.92 Å². The summed E-state index contributed by atoms with van der Waals surface area (Å²) in [6.07, 6.45) is 1.87. The molecule has 0 aliphatic carbocycles. The molecule has 0 radical (unpaired) electrons. The molecular formula is C14H18O2. The summed E-state index contributed by atoms with van der Waals surface area (Å²) in [4.78, 5) is 11.4. The molecule has 1 rings (SSSR count). The lowest BCUT2D eigenvalue weighted by Gasteiger charge is -2.04. The number of rotatable bonds is 3. The Morgan fingerprint density at radius 2 is 2.06 bits per heavy atom. The molecule has 0 unspecified atom stereocenters. The van der Waals surface area contributed by atoms with E-state index in [9.17, 15) is 4.79 Å². The maximum Gasteiger partial charge on any atom is 0.333 e. The van der Waals surface area contributed by atoms with Gasteiger partial charge in [-0.15, -0.1) is 0 Å². The first kappa shape index (κ1) is 12.5. The summed E-state index contributed by atoms with van der Waals surface area (Å²) in [6.45, 7) is 8.09. The van der Waals surface area contributed by atoms with Crippen molar-refractivity contribution in [3.8, 4) is 0 Å². The largest absolute Gasteiger partial charge is 0.463 e. The Hall–Kier alpha value is -1.57. The first-order valence-corrected chi connectivity index (χ1v) is 5.47. The van der Waals surface area contributed by atoms with Crippen LogP contribution in [0.25, 0.3) is 6.08 Å². The van der Waals surface area contributed by atoms with Crippen LogP contribution in [0.4, 0.5) is 0 Å². The average Bonchev–Trinajstić information content (AvgIpc) is 2.22. The van der Waals surface area contributed by atoms with Crippen molar-refractivity contribution in [3.05, 3.63) is 40.5 Å². The Balaban J connectivity index is 2.94. The second-order valence-electron chi connectivity index (χ2n) is 3.91. The van der Waals surface area contributed by atoms with Gasteiger partial charge in [-0.05, 0) is 44.9 Å². The minimum absolute atomic E-state index is 0.248. The fourth-order valence-electron chi connectivity index (χ4n) is 1.52. The Morgan fingerprint density at radius 1 is 1.38 bits per heavy atom. The molecule has 86 valence electrons. The van der Waals surface area contributed by atoms with Gasteiger partial charge in [-0.2, -0.15) is 0 Å². The maximum atomic E-state index is 11.4. The van der Waals surface area contributed by atoms with Gasteiger partial charge >= 0.3 is 5.97 Å². The standard InChI is InChI=1S/C14H18O2/c1-5-16-14(15)12(4)9-13-7-6-10(2)8-11(13)3/h6-9H,5H2,1-4H3/b12-9+. The lowest BCUT2D eigenvalue weighted by Crippen LogP contribution is -2.04. The highest BCUT2D eigenvalue weighted by atomic mass is 16.5. The molecule has 2 heteroatoms. The normalized spacial score (nSPS) is 11.4. The van der Waals surface area contributed by atoms with Crippen LogP contribution in [-0.2, 0) is 9.53 Å². The van der Waals surface area contributed by atoms with E-state index in [0.29, 0.717) is 12.2 Å². The smallest absolute Gasteiger partial charge is 0.333 e. The highest BCUT2D eigenvalue weighted by Crippen LogP contribution is 2.14. The van der Waals surface area contributed by atoms with Crippen LogP contribution in [0.15, 0.2) is 23.8 Å². The van der Waals surface area contributed by atoms with Gasteiger partial charge in [0, 0.05) is 5.57 Å². The van der Waals surface area contributed by atoms with Crippen molar-refractivity contribution >= 4 is 12.0 Å². The van der Waals surface area contributed by atoms with E-state index >= 15 is 0 Å². The van der Waals surface area contributed by atoms with E-state index in [0.717, 1.165) is 5.56 Å². The van der Waals surface area contributed by atoms with Crippen LogP contribution >= 0.6 is 0 Å². The van der Waals surface area contributed by atoms with E-state index in [-0.39, 0.29) is 5.97 Å². The highest BCUT2D eigenvalue weighted by molar-refractivity contribution is 5.93. The predicted molar refractivity (Wildman–Crippen MR) is 66.2 cm³/mol. The van der Waals surface area contributed by atoms with Crippen LogP contribution in [0, 0.1) is 13.8 Å². The molecule has 0 heterocycles. The van der Waals surface area contributed by atoms with Gasteiger partial charge in [0.05, 0.1) is 6.61 Å². The monoisotopic (exact) mass is 218 g/mol. The van der Waals surface area contributed by atoms with E-state index in [1.807, 2.05) is 32.1 Å². The molecule has 0 N–H and O–H groups in total. The minimum Gasteiger partial charge on any atom is -0.463 e. The van der Waals surface area contributed by atoms with Crippen molar-refractivity contribution in [1.82, 2.24) is 0 Å². The minimum atomic E-state index is -0.248. The molecule has 16 heavy (non-hydrogen) atoms. The third-order valence-corrected chi connectivity index (χ3v) is 2.39. The van der Waals surface area contributed by atoms with Crippen LogP contribution in [0.3, 0.4) is 0 Å². The Labute approximate surface area is 96.9 Å². The van der Waals surface area contributed by atoms with Crippen molar-refractivity contribution < 1.29 is 9.53 Å². The van der Waals surface area contributed by atoms with E-state index in [1.165, 1.54) is 11.1 Å². The molecule has 0 saturated carbocycles. The molecule has 0 aliphatic rings. The van der Waals surface area contributed by atoms with Gasteiger partial charge in [-0.3, -0.25) is 0 Å². The molecule has 1 aromatic rings. The number of ether oxygens (including phenoxy) is 1. The molecule has 1 aromatic carbocycles. The van der Waals surface area contributed by atoms with Gasteiger partial charge in [0.15, 0.2) is 0 Å². The van der Waals surface area contributed by atoms with Crippen LogP contribution in [0.2, 0.25) is 0 Å². The van der Waals surface area contributed by atoms with E-state index < -0.39 is 0 Å². The number of benzene rings is 1. The fourth-order valence-corrected chi connectivity index (χ4v) is 1.52. The highest BCUT2D eigenvalue weighted by Gasteiger charge is 2.05. The van der Waals surface area contributed by atoms with Crippen molar-refractivity contribution in [1.29, 1.82) is 0 Å². The number of aryl methyl sites for hydroxylation is 2. The number of carbonyl (C=O) groups is 1. The molecule has 0 aromatic heterocycles. The first-order valence-electron chi connectivity index (χ1n) is 5.47. The second-order valence-corrected chi connectivity index (χ2v) is 3.91. The van der Waals surface area contributed by atoms with E-state index in [2.05, 4.69) is 13.0 Å². The lowest BCUT2D eigenvalue weighted by molar-refractivity contribution is -0.138. The van der Waals surface area contributed by atoms with E-state index in [4.69, 9.17) is 4.74 Å². The van der Waals surface area contributed by atoms with Gasteiger partial charge < -0.3 is 4.74 Å². The third-order valence-electron chi connectivity index (χ3n) is 2.39. The molecule has 0 atom stereocenters. The first-order chi connectivity index (χ1) is 7.54. The van der Waals surface area contributed by atoms with Gasteiger partial charge in [-0.25, -0.2) is 4.79 Å². The zero-order chi connectivity index (χ0) is 12.1. The Kier molecular flexibility index (Phi) is 4.29. The molecule has 2 nitrogen and oxygen atoms in total. The van der Waals surface area contributed by atoms with Crippen molar-refractivity contribution in [3.63, 3.8) is 0 Å². The summed E-state index contributed by atoms with van der Waals surface area (Å²) in [7, 11) is 0. The average molecular weight is 218 g/mol. The summed E-state index contributed by atoms with van der Waals surface area (Å²) >= 11 is 0. The Bertz CT molecular complexity index is 417. The van der Waals surface area contributed by atoms with Crippen LogP contribution < -0.4 is 0 Å². The molecule has 0 saturated heterocycles. The van der Waals surface area contributed by atoms with Crippen LogP contribution in [0.5, 0.6) is 0 Å². The van der Waals surface area contributed by atoms with Gasteiger partial charge in [0.1, 0.15) is 0 Å². The molecule has 0 spiro atoms. The third kappa shape index (κ3) is 3.23. The van der Waals surface area contributed by atoms with Gasteiger partial charge in [0.25, 0.3) is 0 Å². The predicted octanol–water partition coefficient (Wildman–Crippen LogP) is 3.27. The van der Waals surface area contributed by atoms with Crippen LogP contribution in [0.1, 0.15) is 30.5 Å². The maximum absolute atomic E-state index is 11.4. The summed E-state index contributed by atoms with van der Waals surface area (Å²) in [5.41, 5.74) is 4.09. The van der Waals surface area contributed by atoms with Crippen molar-refractivity contribution in [2.24, 2.45) is 0 Å². The molecule has 0 amide bonds. The number of carbonyl (C=O) groups excluding carboxylic acids is 1. The number of hydrogen-bond donors (Lipinski definition) is 0. The fraction of sp³-hybridized carbons (Fsp3) is 0.357. The number of esters is 1. The van der Waals surface area contributed by atoms with Crippen LogP contribution in [-0.4, -0.2) is 12.6 Å². The summed E-state index contributed by atoms with van der Waals surface area (Å²) in [6, 6.07) is 6.16. The van der Waals surface area contributed by atoms with Crippen molar-refractivity contribution in [2.45, 2.75) is 27.7 Å². The lowest BCUT2D eigenvalue weighted by atomic mass is 10.0. The molecular weight excluding hydrogens is 200 g/mol.